The Morgan fingerprint density at radius 2 is 1.93 bits per heavy atom. The summed E-state index contributed by atoms with van der Waals surface area (Å²) in [4.78, 5) is 3.63. The Bertz CT molecular complexity index is 1050. The Labute approximate surface area is 166 Å². The van der Waals surface area contributed by atoms with Gasteiger partial charge in [0.25, 0.3) is 0 Å². The van der Waals surface area contributed by atoms with E-state index in [4.69, 9.17) is 10.00 Å². The van der Waals surface area contributed by atoms with E-state index >= 15 is 0 Å². The van der Waals surface area contributed by atoms with E-state index in [1.165, 1.54) is 13.0 Å². The van der Waals surface area contributed by atoms with Gasteiger partial charge < -0.3 is 9.84 Å². The Morgan fingerprint density at radius 3 is 2.52 bits per heavy atom. The number of alkyl halides is 2. The quantitative estimate of drug-likeness (QED) is 0.779. The molecule has 2 aromatic rings. The zero-order valence-electron chi connectivity index (χ0n) is 15.9. The van der Waals surface area contributed by atoms with Gasteiger partial charge in [-0.1, -0.05) is 20.8 Å². The summed E-state index contributed by atoms with van der Waals surface area (Å²) in [5.74, 6) is -2.19. The Kier molecular flexibility index (Phi) is 6.87. The Balaban J connectivity index is 0.00000145. The first-order chi connectivity index (χ1) is 13.7. The zero-order chi connectivity index (χ0) is 21.9. The molecule has 3 unspecified atom stereocenters. The second-order valence-electron chi connectivity index (χ2n) is 6.07. The van der Waals surface area contributed by atoms with Crippen molar-refractivity contribution in [1.82, 2.24) is 4.98 Å². The smallest absolute Gasteiger partial charge is 0.225 e. The maximum Gasteiger partial charge on any atom is 0.225 e. The van der Waals surface area contributed by atoms with Crippen LogP contribution in [0.5, 0.6) is 11.5 Å². The highest BCUT2D eigenvalue weighted by molar-refractivity contribution is 7.91. The molecule has 1 aromatic heterocycles. The Hall–Kier alpha value is -2.64. The lowest BCUT2D eigenvalue weighted by atomic mass is 10.1. The summed E-state index contributed by atoms with van der Waals surface area (Å²) in [5.41, 5.74) is -0.710. The van der Waals surface area contributed by atoms with Gasteiger partial charge in [-0.3, -0.25) is 0 Å². The van der Waals surface area contributed by atoms with Crippen LogP contribution in [0.3, 0.4) is 0 Å². The molecule has 1 aromatic carbocycles. The minimum atomic E-state index is -4.47. The van der Waals surface area contributed by atoms with Crippen LogP contribution in [-0.2, 0) is 9.84 Å². The third-order valence-corrected chi connectivity index (χ3v) is 5.48. The van der Waals surface area contributed by atoms with E-state index in [0.717, 1.165) is 18.3 Å². The van der Waals surface area contributed by atoms with Gasteiger partial charge in [0.2, 0.25) is 9.84 Å². The number of aliphatic hydroxyl groups excluding tert-OH is 1. The molecule has 0 bridgehead atoms. The van der Waals surface area contributed by atoms with Gasteiger partial charge in [-0.25, -0.2) is 26.6 Å². The number of sulfone groups is 1. The molecular weight excluding hydrogens is 409 g/mol. The average Bonchev–Trinajstić information content (AvgIpc) is 2.94. The summed E-state index contributed by atoms with van der Waals surface area (Å²) in [7, 11) is -4.47. The van der Waals surface area contributed by atoms with Gasteiger partial charge in [-0.05, 0) is 12.1 Å². The molecule has 0 amide bonds. The first kappa shape index (κ1) is 22.6. The van der Waals surface area contributed by atoms with Crippen molar-refractivity contribution in [3.05, 3.63) is 46.9 Å². The lowest BCUT2D eigenvalue weighted by Crippen LogP contribution is -2.12. The summed E-state index contributed by atoms with van der Waals surface area (Å²) in [6.07, 6.45) is -2.48. The predicted octanol–water partition coefficient (Wildman–Crippen LogP) is 4.31. The summed E-state index contributed by atoms with van der Waals surface area (Å²) < 4.78 is 70.5. The van der Waals surface area contributed by atoms with Crippen molar-refractivity contribution in [3.63, 3.8) is 0 Å². The maximum absolute atomic E-state index is 14.7. The van der Waals surface area contributed by atoms with Crippen LogP contribution in [0.15, 0.2) is 29.4 Å². The van der Waals surface area contributed by atoms with E-state index in [-0.39, 0.29) is 28.2 Å². The summed E-state index contributed by atoms with van der Waals surface area (Å²) in [6.45, 7) is 5.35. The van der Waals surface area contributed by atoms with Crippen LogP contribution in [0, 0.1) is 23.1 Å². The van der Waals surface area contributed by atoms with Gasteiger partial charge >= 0.3 is 0 Å². The molecule has 1 aliphatic carbocycles. The molecule has 29 heavy (non-hydrogen) atoms. The maximum atomic E-state index is 14.7. The lowest BCUT2D eigenvalue weighted by Gasteiger charge is -2.14. The molecule has 0 saturated heterocycles. The van der Waals surface area contributed by atoms with Crippen LogP contribution >= 0.6 is 0 Å². The van der Waals surface area contributed by atoms with Crippen molar-refractivity contribution in [2.24, 2.45) is 5.92 Å². The number of halogens is 3. The zero-order valence-corrected chi connectivity index (χ0v) is 16.7. The van der Waals surface area contributed by atoms with Crippen molar-refractivity contribution in [2.75, 3.05) is 6.01 Å². The van der Waals surface area contributed by atoms with Crippen LogP contribution < -0.4 is 4.74 Å². The van der Waals surface area contributed by atoms with Gasteiger partial charge in [-0.2, -0.15) is 5.26 Å². The normalized spacial score (nSPS) is 20.3. The fraction of sp³-hybridized carbons (Fsp3) is 0.368. The van der Waals surface area contributed by atoms with Crippen LogP contribution in [0.4, 0.5) is 13.2 Å². The molecule has 0 aliphatic heterocycles. The lowest BCUT2D eigenvalue weighted by molar-refractivity contribution is 0.0870. The molecular formula is C19H19F3N2O4S. The highest BCUT2D eigenvalue weighted by Gasteiger charge is 2.44. The van der Waals surface area contributed by atoms with Crippen LogP contribution in [0.25, 0.3) is 0 Å². The van der Waals surface area contributed by atoms with E-state index < -0.39 is 44.9 Å². The second-order valence-corrected chi connectivity index (χ2v) is 7.91. The van der Waals surface area contributed by atoms with Gasteiger partial charge in [0, 0.05) is 23.1 Å². The Morgan fingerprint density at radius 1 is 1.28 bits per heavy atom. The summed E-state index contributed by atoms with van der Waals surface area (Å²) in [6, 6.07) is 3.08. The van der Waals surface area contributed by atoms with E-state index in [0.29, 0.717) is 0 Å². The predicted molar refractivity (Wildman–Crippen MR) is 97.9 cm³/mol. The van der Waals surface area contributed by atoms with E-state index in [1.807, 2.05) is 13.8 Å². The molecule has 10 heteroatoms. The minimum Gasteiger partial charge on any atom is -0.455 e. The number of hydrogen-bond acceptors (Lipinski definition) is 6. The first-order valence-electron chi connectivity index (χ1n) is 8.71. The fourth-order valence-corrected chi connectivity index (χ4v) is 3.84. The number of aromatic nitrogens is 1. The largest absolute Gasteiger partial charge is 0.455 e. The number of fused-ring (bicyclic) bond motifs is 1. The highest BCUT2D eigenvalue weighted by atomic mass is 32.2. The van der Waals surface area contributed by atoms with Crippen molar-refractivity contribution < 1.29 is 31.4 Å². The van der Waals surface area contributed by atoms with Crippen molar-refractivity contribution in [2.45, 2.75) is 38.1 Å². The molecule has 1 heterocycles. The molecule has 0 saturated carbocycles. The van der Waals surface area contributed by atoms with E-state index in [2.05, 4.69) is 4.98 Å². The number of nitrogens with zero attached hydrogens (tertiary/aromatic N) is 2. The molecule has 1 aliphatic rings. The second kappa shape index (κ2) is 8.80. The number of hydrogen-bond donors (Lipinski definition) is 1. The van der Waals surface area contributed by atoms with Crippen LogP contribution in [-0.4, -0.2) is 24.5 Å². The number of aliphatic hydroxyl groups is 1. The molecule has 0 radical (unpaired) electrons. The molecule has 1 N–H and O–H groups in total. The summed E-state index contributed by atoms with van der Waals surface area (Å²) >= 11 is 0. The van der Waals surface area contributed by atoms with Crippen LogP contribution in [0.2, 0.25) is 0 Å². The third-order valence-electron chi connectivity index (χ3n) is 4.28. The number of benzene rings is 1. The number of pyridine rings is 1. The molecule has 3 rings (SSSR count). The molecule has 6 nitrogen and oxygen atoms in total. The van der Waals surface area contributed by atoms with Gasteiger partial charge in [-0.15, -0.1) is 0 Å². The van der Waals surface area contributed by atoms with Crippen LogP contribution in [0.1, 0.15) is 49.7 Å². The fourth-order valence-electron chi connectivity index (χ4n) is 2.95. The van der Waals surface area contributed by atoms with Gasteiger partial charge in [0.05, 0.1) is 23.9 Å². The SMILES string of the molecule is CC.CC1C(O)c2c(S(=O)(=O)CF)ncc(Oc3cc(F)cc(C#N)c3)c2C1F. The van der Waals surface area contributed by atoms with E-state index in [9.17, 15) is 26.7 Å². The number of ether oxygens (including phenoxy) is 1. The highest BCUT2D eigenvalue weighted by Crippen LogP contribution is 2.52. The van der Waals surface area contributed by atoms with Gasteiger partial charge in [0.15, 0.2) is 16.8 Å². The number of rotatable bonds is 4. The first-order valence-corrected chi connectivity index (χ1v) is 10.4. The van der Waals surface area contributed by atoms with E-state index in [1.54, 1.807) is 6.07 Å². The minimum absolute atomic E-state index is 0.0450. The molecule has 3 atom stereocenters. The van der Waals surface area contributed by atoms with Crippen molar-refractivity contribution in [3.8, 4) is 17.6 Å². The van der Waals surface area contributed by atoms with Crippen molar-refractivity contribution >= 4 is 9.84 Å². The molecule has 0 spiro atoms. The number of nitriles is 1. The van der Waals surface area contributed by atoms with Gasteiger partial charge in [0.1, 0.15) is 17.7 Å². The molecule has 156 valence electrons. The summed E-state index contributed by atoms with van der Waals surface area (Å²) in [5, 5.41) is 18.4. The average molecular weight is 428 g/mol. The third kappa shape index (κ3) is 4.21. The monoisotopic (exact) mass is 428 g/mol. The standard InChI is InChI=1S/C17H13F3N2O4S.C2H6/c1-8-15(20)13-12(26-11-3-9(5-21)2-10(19)4-11)6-22-17(14(13)16(8)23)27(24,25)7-18;1-2/h2-4,6,8,15-16,23H,7H2,1H3;1-2H3. The van der Waals surface area contributed by atoms with Crippen molar-refractivity contribution in [1.29, 1.82) is 5.26 Å². The molecule has 0 fully saturated rings. The topological polar surface area (TPSA) is 100 Å².